The fourth-order valence-corrected chi connectivity index (χ4v) is 0.0890. The van der Waals surface area contributed by atoms with Gasteiger partial charge in [0.25, 0.3) is 6.08 Å². The van der Waals surface area contributed by atoms with Gasteiger partial charge in [-0.2, -0.15) is 0 Å². The molecular formula is C2ClNO3. The molecule has 0 radical (unpaired) electrons. The van der Waals surface area contributed by atoms with Crippen molar-refractivity contribution in [3.63, 3.8) is 0 Å². The normalized spacial score (nSPS) is 6.43. The van der Waals surface area contributed by atoms with Crippen molar-refractivity contribution < 1.29 is 14.4 Å². The maximum Gasteiger partial charge on any atom is 0.430 e. The van der Waals surface area contributed by atoms with Crippen LogP contribution in [0, 0.1) is 0 Å². The lowest BCUT2D eigenvalue weighted by atomic mass is 11.6. The van der Waals surface area contributed by atoms with E-state index in [1.165, 1.54) is 0 Å². The second-order valence-corrected chi connectivity index (χ2v) is 0.820. The molecule has 0 rings (SSSR count). The fourth-order valence-electron chi connectivity index (χ4n) is 0.0545. The van der Waals surface area contributed by atoms with E-state index in [4.69, 9.17) is 4.79 Å². The molecule has 7 heavy (non-hydrogen) atoms. The van der Waals surface area contributed by atoms with Gasteiger partial charge in [-0.25, -0.2) is 9.59 Å². The molecule has 0 fully saturated rings. The van der Waals surface area contributed by atoms with Gasteiger partial charge in [0, 0.05) is 16.8 Å². The quantitative estimate of drug-likeness (QED) is 0.168. The summed E-state index contributed by atoms with van der Waals surface area (Å²) in [6.07, 6.45) is 0.947. The van der Waals surface area contributed by atoms with E-state index < -0.39 is 5.43 Å². The first-order chi connectivity index (χ1) is 3.27. The summed E-state index contributed by atoms with van der Waals surface area (Å²) in [7, 11) is 0. The Morgan fingerprint density at radius 3 is 2.57 bits per heavy atom. The molecule has 0 heterocycles. The van der Waals surface area contributed by atoms with Gasteiger partial charge in [0.1, 0.15) is 0 Å². The molecule has 38 valence electrons. The summed E-state index contributed by atoms with van der Waals surface area (Å²) in [5.74, 6) is 0. The second-order valence-electron chi connectivity index (χ2n) is 0.511. The van der Waals surface area contributed by atoms with Gasteiger partial charge in [-0.1, -0.05) is 0 Å². The third-order valence-corrected chi connectivity index (χ3v) is 0.224. The summed E-state index contributed by atoms with van der Waals surface area (Å²) in [5, 5.41) is 2.38. The molecule has 0 amide bonds. The van der Waals surface area contributed by atoms with Crippen molar-refractivity contribution in [1.82, 2.24) is 0 Å². The number of carbonyl (C=O) groups is 1. The van der Waals surface area contributed by atoms with Crippen LogP contribution in [0.5, 0.6) is 0 Å². The van der Waals surface area contributed by atoms with Crippen molar-refractivity contribution in [3.05, 3.63) is 0 Å². The SMILES string of the molecule is O=C=NOC(=O)Cl. The first kappa shape index (κ1) is 6.14. The van der Waals surface area contributed by atoms with Crippen molar-refractivity contribution in [2.24, 2.45) is 5.16 Å². The van der Waals surface area contributed by atoms with Gasteiger partial charge < -0.3 is 0 Å². The smallest absolute Gasteiger partial charge is 0.290 e. The zero-order chi connectivity index (χ0) is 5.70. The van der Waals surface area contributed by atoms with Crippen molar-refractivity contribution in [1.29, 1.82) is 0 Å². The Balaban J connectivity index is 3.32. The second kappa shape index (κ2) is 3.33. The van der Waals surface area contributed by atoms with Crippen LogP contribution in [0.1, 0.15) is 0 Å². The largest absolute Gasteiger partial charge is 0.430 e. The molecule has 0 aromatic heterocycles. The number of halogens is 1. The minimum absolute atomic E-state index is 0.947. The molecule has 0 bridgehead atoms. The lowest BCUT2D eigenvalue weighted by molar-refractivity contribution is 0.178. The van der Waals surface area contributed by atoms with Crippen molar-refractivity contribution in [2.75, 3.05) is 0 Å². The lowest BCUT2D eigenvalue weighted by Gasteiger charge is -1.75. The Bertz CT molecular complexity index is 116. The molecule has 0 aliphatic rings. The Morgan fingerprint density at radius 1 is 1.86 bits per heavy atom. The summed E-state index contributed by atoms with van der Waals surface area (Å²) in [4.78, 5) is 22.1. The van der Waals surface area contributed by atoms with Crippen LogP contribution in [0.2, 0.25) is 0 Å². The summed E-state index contributed by atoms with van der Waals surface area (Å²) in [6, 6.07) is 0. The molecule has 0 atom stereocenters. The highest BCUT2D eigenvalue weighted by Gasteiger charge is 1.88. The number of rotatable bonds is 1. The van der Waals surface area contributed by atoms with Gasteiger partial charge in [-0.3, -0.25) is 4.84 Å². The molecular weight excluding hydrogens is 121 g/mol. The van der Waals surface area contributed by atoms with Gasteiger partial charge in [-0.05, 0) is 0 Å². The number of carbonyl (C=O) groups excluding carboxylic acids is 2. The van der Waals surface area contributed by atoms with Crippen LogP contribution in [-0.4, -0.2) is 11.5 Å². The standard InChI is InChI=1S/C2ClNO3/c3-2(6)7-4-1-5. The highest BCUT2D eigenvalue weighted by Crippen LogP contribution is 1.83. The molecule has 5 heteroatoms. The van der Waals surface area contributed by atoms with E-state index in [1.807, 2.05) is 0 Å². The zero-order valence-corrected chi connectivity index (χ0v) is 3.81. The van der Waals surface area contributed by atoms with Gasteiger partial charge in [0.2, 0.25) is 0 Å². The van der Waals surface area contributed by atoms with Gasteiger partial charge in [0.15, 0.2) is 0 Å². The van der Waals surface area contributed by atoms with Crippen LogP contribution in [-0.2, 0) is 9.63 Å². The first-order valence-corrected chi connectivity index (χ1v) is 1.59. The third-order valence-electron chi connectivity index (χ3n) is 0.155. The third kappa shape index (κ3) is 5.14. The predicted molar refractivity (Wildman–Crippen MR) is 20.5 cm³/mol. The van der Waals surface area contributed by atoms with E-state index in [9.17, 15) is 4.79 Å². The minimum atomic E-state index is -1.15. The van der Waals surface area contributed by atoms with Crippen LogP contribution in [0.3, 0.4) is 0 Å². The maximum atomic E-state index is 9.47. The van der Waals surface area contributed by atoms with E-state index in [0.717, 1.165) is 6.08 Å². The molecule has 0 spiro atoms. The molecule has 0 unspecified atom stereocenters. The van der Waals surface area contributed by atoms with Crippen LogP contribution in [0.15, 0.2) is 5.16 Å². The maximum absolute atomic E-state index is 9.47. The molecule has 0 saturated carbocycles. The number of nitrogens with zero attached hydrogens (tertiary/aromatic N) is 1. The van der Waals surface area contributed by atoms with E-state index in [0.29, 0.717) is 0 Å². The van der Waals surface area contributed by atoms with E-state index >= 15 is 0 Å². The van der Waals surface area contributed by atoms with Crippen molar-refractivity contribution in [2.45, 2.75) is 0 Å². The Morgan fingerprint density at radius 2 is 2.43 bits per heavy atom. The fraction of sp³-hybridized carbons (Fsp3) is 0. The molecule has 4 nitrogen and oxygen atoms in total. The highest BCUT2D eigenvalue weighted by atomic mass is 35.5. The molecule has 0 aliphatic carbocycles. The van der Waals surface area contributed by atoms with Gasteiger partial charge >= 0.3 is 5.43 Å². The number of hydrogen-bond acceptors (Lipinski definition) is 4. The predicted octanol–water partition coefficient (Wildman–Crippen LogP) is 0.613. The average Bonchev–Trinajstić information content (AvgIpc) is 1.61. The van der Waals surface area contributed by atoms with Crippen LogP contribution in [0.25, 0.3) is 0 Å². The lowest BCUT2D eigenvalue weighted by Crippen LogP contribution is -1.80. The minimum Gasteiger partial charge on any atom is -0.290 e. The zero-order valence-electron chi connectivity index (χ0n) is 3.05. The van der Waals surface area contributed by atoms with Crippen LogP contribution < -0.4 is 0 Å². The van der Waals surface area contributed by atoms with Crippen LogP contribution in [0.4, 0.5) is 4.79 Å². The van der Waals surface area contributed by atoms with E-state index in [1.54, 1.807) is 0 Å². The number of hydrogen-bond donors (Lipinski definition) is 0. The Hall–Kier alpha value is -0.860. The van der Waals surface area contributed by atoms with E-state index in [-0.39, 0.29) is 0 Å². The van der Waals surface area contributed by atoms with E-state index in [2.05, 4.69) is 21.6 Å². The summed E-state index contributed by atoms with van der Waals surface area (Å²) in [6.45, 7) is 0. The molecule has 0 N–H and O–H groups in total. The Kier molecular flexibility index (Phi) is 2.92. The molecule has 0 aromatic carbocycles. The average molecular weight is 121 g/mol. The number of isocyanates is 1. The highest BCUT2D eigenvalue weighted by molar-refractivity contribution is 6.61. The van der Waals surface area contributed by atoms with Gasteiger partial charge in [-0.15, -0.1) is 0 Å². The topological polar surface area (TPSA) is 55.7 Å². The van der Waals surface area contributed by atoms with Gasteiger partial charge in [0.05, 0.1) is 0 Å². The van der Waals surface area contributed by atoms with Crippen molar-refractivity contribution in [3.8, 4) is 0 Å². The first-order valence-electron chi connectivity index (χ1n) is 1.21. The summed E-state index contributed by atoms with van der Waals surface area (Å²) in [5.41, 5.74) is -1.15. The molecule has 0 aliphatic heterocycles. The summed E-state index contributed by atoms with van der Waals surface area (Å²) < 4.78 is 0. The molecule has 0 saturated heterocycles. The van der Waals surface area contributed by atoms with Crippen LogP contribution >= 0.6 is 11.6 Å². The monoisotopic (exact) mass is 121 g/mol. The Labute approximate surface area is 43.7 Å². The van der Waals surface area contributed by atoms with Crippen molar-refractivity contribution >= 4 is 23.1 Å². The molecule has 0 aromatic rings. The summed E-state index contributed by atoms with van der Waals surface area (Å²) >= 11 is 4.52.